The summed E-state index contributed by atoms with van der Waals surface area (Å²) in [5, 5.41) is 20.9. The summed E-state index contributed by atoms with van der Waals surface area (Å²) in [4.78, 5) is 22.2. The van der Waals surface area contributed by atoms with Crippen LogP contribution in [0.15, 0.2) is 66.7 Å². The summed E-state index contributed by atoms with van der Waals surface area (Å²) in [5.41, 5.74) is 1.43. The molecule has 0 unspecified atom stereocenters. The SMILES string of the molecule is O=C(O)c1cccc(-c2cc(Cl)cc([N+](=O)[O-])c2OCc2ccccc2)c1. The number of nitro groups is 1. The summed E-state index contributed by atoms with van der Waals surface area (Å²) < 4.78 is 5.78. The molecule has 0 spiro atoms. The van der Waals surface area contributed by atoms with E-state index in [9.17, 15) is 20.0 Å². The van der Waals surface area contributed by atoms with Gasteiger partial charge in [0.1, 0.15) is 6.61 Å². The number of benzene rings is 3. The van der Waals surface area contributed by atoms with Crippen molar-refractivity contribution in [3.63, 3.8) is 0 Å². The largest absolute Gasteiger partial charge is 0.482 e. The van der Waals surface area contributed by atoms with Crippen LogP contribution in [0.2, 0.25) is 5.02 Å². The van der Waals surface area contributed by atoms with Gasteiger partial charge in [0.2, 0.25) is 5.75 Å². The van der Waals surface area contributed by atoms with Crippen LogP contribution in [-0.2, 0) is 6.61 Å². The minimum Gasteiger partial charge on any atom is -0.482 e. The molecule has 136 valence electrons. The number of aromatic carboxylic acids is 1. The molecule has 0 saturated carbocycles. The van der Waals surface area contributed by atoms with Crippen molar-refractivity contribution >= 4 is 23.3 Å². The van der Waals surface area contributed by atoms with Crippen LogP contribution in [0.1, 0.15) is 15.9 Å². The van der Waals surface area contributed by atoms with Crippen LogP contribution in [0.5, 0.6) is 5.75 Å². The van der Waals surface area contributed by atoms with Gasteiger partial charge in [-0.05, 0) is 29.3 Å². The van der Waals surface area contributed by atoms with E-state index in [1.54, 1.807) is 12.1 Å². The van der Waals surface area contributed by atoms with E-state index in [0.717, 1.165) is 5.56 Å². The lowest BCUT2D eigenvalue weighted by molar-refractivity contribution is -0.385. The van der Waals surface area contributed by atoms with Crippen molar-refractivity contribution < 1.29 is 19.6 Å². The quantitative estimate of drug-likeness (QED) is 0.467. The van der Waals surface area contributed by atoms with Crippen molar-refractivity contribution in [2.45, 2.75) is 6.61 Å². The van der Waals surface area contributed by atoms with E-state index in [4.69, 9.17) is 16.3 Å². The normalized spacial score (nSPS) is 10.4. The van der Waals surface area contributed by atoms with Gasteiger partial charge in [0.05, 0.1) is 10.5 Å². The molecular weight excluding hydrogens is 370 g/mol. The maximum absolute atomic E-state index is 11.5. The fourth-order valence-electron chi connectivity index (χ4n) is 2.63. The molecule has 3 rings (SSSR count). The zero-order chi connectivity index (χ0) is 19.4. The molecule has 0 aliphatic carbocycles. The second kappa shape index (κ2) is 7.88. The van der Waals surface area contributed by atoms with Gasteiger partial charge in [-0.25, -0.2) is 4.79 Å². The topological polar surface area (TPSA) is 89.7 Å². The Morgan fingerprint density at radius 3 is 2.48 bits per heavy atom. The second-order valence-electron chi connectivity index (χ2n) is 5.72. The summed E-state index contributed by atoms with van der Waals surface area (Å²) in [5.74, 6) is -1.06. The Morgan fingerprint density at radius 2 is 1.81 bits per heavy atom. The van der Waals surface area contributed by atoms with Crippen LogP contribution >= 0.6 is 11.6 Å². The van der Waals surface area contributed by atoms with Gasteiger partial charge in [-0.15, -0.1) is 0 Å². The number of carbonyl (C=O) groups is 1. The highest BCUT2D eigenvalue weighted by Crippen LogP contribution is 2.41. The summed E-state index contributed by atoms with van der Waals surface area (Å²) in [6, 6.07) is 18.0. The van der Waals surface area contributed by atoms with E-state index in [1.165, 1.54) is 24.3 Å². The fraction of sp³-hybridized carbons (Fsp3) is 0.0500. The third kappa shape index (κ3) is 4.24. The molecule has 27 heavy (non-hydrogen) atoms. The lowest BCUT2D eigenvalue weighted by Crippen LogP contribution is -2.02. The van der Waals surface area contributed by atoms with Crippen molar-refractivity contribution in [2.24, 2.45) is 0 Å². The van der Waals surface area contributed by atoms with Gasteiger partial charge in [-0.1, -0.05) is 54.1 Å². The third-order valence-corrected chi connectivity index (χ3v) is 4.10. The minimum atomic E-state index is -1.10. The zero-order valence-electron chi connectivity index (χ0n) is 14.0. The van der Waals surface area contributed by atoms with E-state index >= 15 is 0 Å². The summed E-state index contributed by atoms with van der Waals surface area (Å²) in [6.07, 6.45) is 0. The highest BCUT2D eigenvalue weighted by Gasteiger charge is 2.23. The van der Waals surface area contributed by atoms with E-state index in [2.05, 4.69) is 0 Å². The molecule has 0 heterocycles. The van der Waals surface area contributed by atoms with Gasteiger partial charge in [0.25, 0.3) is 0 Å². The Hall–Kier alpha value is -3.38. The van der Waals surface area contributed by atoms with Crippen LogP contribution in [0.3, 0.4) is 0 Å². The Labute approximate surface area is 159 Å². The summed E-state index contributed by atoms with van der Waals surface area (Å²) in [6.45, 7) is 0.120. The highest BCUT2D eigenvalue weighted by atomic mass is 35.5. The molecule has 0 bridgehead atoms. The van der Waals surface area contributed by atoms with Gasteiger partial charge in [-0.2, -0.15) is 0 Å². The van der Waals surface area contributed by atoms with Crippen molar-refractivity contribution in [1.82, 2.24) is 0 Å². The van der Waals surface area contributed by atoms with E-state index < -0.39 is 10.9 Å². The molecule has 0 aliphatic heterocycles. The van der Waals surface area contributed by atoms with Gasteiger partial charge in [-0.3, -0.25) is 10.1 Å². The van der Waals surface area contributed by atoms with Gasteiger partial charge < -0.3 is 9.84 Å². The minimum absolute atomic E-state index is 0.0378. The fourth-order valence-corrected chi connectivity index (χ4v) is 2.84. The average Bonchev–Trinajstić information content (AvgIpc) is 2.67. The van der Waals surface area contributed by atoms with Gasteiger partial charge >= 0.3 is 11.7 Å². The molecule has 0 aliphatic rings. The van der Waals surface area contributed by atoms with Crippen LogP contribution in [-0.4, -0.2) is 16.0 Å². The standard InChI is InChI=1S/C20H14ClNO5/c21-16-10-17(14-7-4-8-15(9-14)20(23)24)19(18(11-16)22(25)26)27-12-13-5-2-1-3-6-13/h1-11H,12H2,(H,23,24). The molecule has 0 atom stereocenters. The molecule has 0 saturated heterocycles. The third-order valence-electron chi connectivity index (χ3n) is 3.88. The second-order valence-corrected chi connectivity index (χ2v) is 6.16. The molecule has 3 aromatic carbocycles. The first-order valence-corrected chi connectivity index (χ1v) is 8.32. The van der Waals surface area contributed by atoms with Crippen LogP contribution in [0.25, 0.3) is 11.1 Å². The lowest BCUT2D eigenvalue weighted by atomic mass is 10.0. The molecule has 0 fully saturated rings. The van der Waals surface area contributed by atoms with Crippen LogP contribution in [0, 0.1) is 10.1 Å². The maximum Gasteiger partial charge on any atom is 0.335 e. The van der Waals surface area contributed by atoms with Crippen LogP contribution in [0.4, 0.5) is 5.69 Å². The van der Waals surface area contributed by atoms with Crippen molar-refractivity contribution in [1.29, 1.82) is 0 Å². The number of rotatable bonds is 6. The number of hydrogen-bond acceptors (Lipinski definition) is 4. The zero-order valence-corrected chi connectivity index (χ0v) is 14.7. The van der Waals surface area contributed by atoms with E-state index in [-0.39, 0.29) is 28.6 Å². The van der Waals surface area contributed by atoms with Gasteiger partial charge in [0, 0.05) is 16.7 Å². The number of carboxylic acids is 1. The molecule has 0 aromatic heterocycles. The lowest BCUT2D eigenvalue weighted by Gasteiger charge is -2.13. The molecule has 7 heteroatoms. The Balaban J connectivity index is 2.10. The molecule has 6 nitrogen and oxygen atoms in total. The summed E-state index contributed by atoms with van der Waals surface area (Å²) >= 11 is 6.06. The number of ether oxygens (including phenoxy) is 1. The molecule has 1 N–H and O–H groups in total. The number of hydrogen-bond donors (Lipinski definition) is 1. The number of nitrogens with zero attached hydrogens (tertiary/aromatic N) is 1. The van der Waals surface area contributed by atoms with Crippen molar-refractivity contribution in [3.8, 4) is 16.9 Å². The monoisotopic (exact) mass is 383 g/mol. The summed E-state index contributed by atoms with van der Waals surface area (Å²) in [7, 11) is 0. The first kappa shape index (κ1) is 18.4. The van der Waals surface area contributed by atoms with Gasteiger partial charge in [0.15, 0.2) is 0 Å². The number of nitro benzene ring substituents is 1. The smallest absolute Gasteiger partial charge is 0.335 e. The van der Waals surface area contributed by atoms with E-state index in [1.807, 2.05) is 30.3 Å². The maximum atomic E-state index is 11.5. The molecular formula is C20H14ClNO5. The Kier molecular flexibility index (Phi) is 5.38. The predicted molar refractivity (Wildman–Crippen MR) is 101 cm³/mol. The Bertz CT molecular complexity index is 1000. The number of halogens is 1. The first-order chi connectivity index (χ1) is 13.0. The molecule has 0 radical (unpaired) electrons. The molecule has 0 amide bonds. The Morgan fingerprint density at radius 1 is 1.07 bits per heavy atom. The van der Waals surface area contributed by atoms with E-state index in [0.29, 0.717) is 11.1 Å². The highest BCUT2D eigenvalue weighted by molar-refractivity contribution is 6.31. The predicted octanol–water partition coefficient (Wildman–Crippen LogP) is 5.19. The van der Waals surface area contributed by atoms with Crippen LogP contribution < -0.4 is 4.74 Å². The number of carboxylic acid groups (broad SMARTS) is 1. The van der Waals surface area contributed by atoms with Crippen molar-refractivity contribution in [2.75, 3.05) is 0 Å². The first-order valence-electron chi connectivity index (χ1n) is 7.94. The average molecular weight is 384 g/mol. The molecule has 3 aromatic rings. The van der Waals surface area contributed by atoms with Crippen molar-refractivity contribution in [3.05, 3.63) is 93.0 Å².